The van der Waals surface area contributed by atoms with E-state index in [1.165, 1.54) is 77.0 Å². The Morgan fingerprint density at radius 1 is 0.250 bits per heavy atom. The summed E-state index contributed by atoms with van der Waals surface area (Å²) in [6.45, 7) is 11.2. The monoisotopic (exact) mass is 873 g/mol. The second-order valence-electron chi connectivity index (χ2n) is 28.4. The molecule has 4 nitrogen and oxygen atoms in total. The lowest BCUT2D eigenvalue weighted by Gasteiger charge is -2.59. The number of rotatable bonds is 4. The van der Waals surface area contributed by atoms with Crippen molar-refractivity contribution in [3.05, 3.63) is 0 Å². The lowest BCUT2D eigenvalue weighted by atomic mass is 9.50. The Morgan fingerprint density at radius 3 is 1.02 bits per heavy atom. The van der Waals surface area contributed by atoms with Crippen LogP contribution in [0.15, 0.2) is 0 Å². The molecule has 0 radical (unpaired) electrons. The van der Waals surface area contributed by atoms with Crippen LogP contribution in [0, 0.1) is 94.7 Å². The van der Waals surface area contributed by atoms with Gasteiger partial charge in [-0.3, -0.25) is 19.6 Å². The van der Waals surface area contributed by atoms with Gasteiger partial charge in [-0.25, -0.2) is 0 Å². The lowest BCUT2D eigenvalue weighted by molar-refractivity contribution is -0.0929. The van der Waals surface area contributed by atoms with Gasteiger partial charge >= 0.3 is 0 Å². The Morgan fingerprint density at radius 2 is 0.609 bits per heavy atom. The van der Waals surface area contributed by atoms with E-state index in [4.69, 9.17) is 0 Å². The highest BCUT2D eigenvalue weighted by atomic mass is 15.4. The van der Waals surface area contributed by atoms with Gasteiger partial charge in [-0.05, 0) is 197 Å². The first kappa shape index (κ1) is 41.6. The van der Waals surface area contributed by atoms with Gasteiger partial charge in [0.2, 0.25) is 0 Å². The maximum Gasteiger partial charge on any atom is 0.0179 e. The topological polar surface area (TPSA) is 13.0 Å². The molecule has 0 amide bonds. The van der Waals surface area contributed by atoms with Gasteiger partial charge in [0.15, 0.2) is 0 Å². The first-order valence-electron chi connectivity index (χ1n) is 30.6. The number of hydrogen-bond donors (Lipinski definition) is 0. The molecule has 15 aliphatic rings. The van der Waals surface area contributed by atoms with Gasteiger partial charge in [0.05, 0.1) is 0 Å². The molecule has 0 aromatic rings. The van der Waals surface area contributed by atoms with Gasteiger partial charge in [0, 0.05) is 72.5 Å². The van der Waals surface area contributed by atoms with Gasteiger partial charge in [0.1, 0.15) is 0 Å². The fourth-order valence-electron chi connectivity index (χ4n) is 25.6. The van der Waals surface area contributed by atoms with Crippen LogP contribution in [0.3, 0.4) is 0 Å². The third kappa shape index (κ3) is 5.51. The first-order chi connectivity index (χ1) is 31.5. The number of hydrogen-bond acceptors (Lipinski definition) is 4. The van der Waals surface area contributed by atoms with Crippen molar-refractivity contribution in [1.82, 2.24) is 19.6 Å². The number of likely N-dealkylation sites (tertiary alicyclic amines) is 2. The molecule has 24 atom stereocenters. The molecular formula is C60H96N4. The van der Waals surface area contributed by atoms with Gasteiger partial charge in [-0.1, -0.05) is 105 Å². The molecule has 6 aliphatic heterocycles. The molecule has 6 heterocycles. The molecule has 356 valence electrons. The quantitative estimate of drug-likeness (QED) is 0.279. The van der Waals surface area contributed by atoms with Crippen LogP contribution in [0.25, 0.3) is 0 Å². The van der Waals surface area contributed by atoms with Crippen molar-refractivity contribution in [1.29, 1.82) is 0 Å². The smallest absolute Gasteiger partial charge is 0.0179 e. The second-order valence-corrected chi connectivity index (χ2v) is 28.4. The molecule has 15 rings (SSSR count). The zero-order valence-electron chi connectivity index (χ0n) is 41.8. The van der Waals surface area contributed by atoms with Crippen molar-refractivity contribution < 1.29 is 0 Å². The minimum atomic E-state index is 0.821. The molecule has 0 aromatic carbocycles. The van der Waals surface area contributed by atoms with Crippen LogP contribution in [-0.2, 0) is 0 Å². The van der Waals surface area contributed by atoms with E-state index in [0.717, 1.165) is 167 Å². The predicted octanol–water partition coefficient (Wildman–Crippen LogP) is 12.7. The summed E-state index contributed by atoms with van der Waals surface area (Å²) in [7, 11) is 0. The maximum atomic E-state index is 3.61. The van der Waals surface area contributed by atoms with E-state index in [2.05, 4.69) is 47.3 Å². The Bertz CT molecular complexity index is 1610. The van der Waals surface area contributed by atoms with E-state index < -0.39 is 0 Å². The maximum absolute atomic E-state index is 3.61. The summed E-state index contributed by atoms with van der Waals surface area (Å²) in [5.41, 5.74) is 0. The van der Waals surface area contributed by atoms with Crippen LogP contribution in [0.2, 0.25) is 0 Å². The van der Waals surface area contributed by atoms with E-state index in [-0.39, 0.29) is 0 Å². The Kier molecular flexibility index (Phi) is 10.2. The van der Waals surface area contributed by atoms with E-state index in [0.29, 0.717) is 0 Å². The summed E-state index contributed by atoms with van der Waals surface area (Å²) < 4.78 is 0. The van der Waals surface area contributed by atoms with Crippen molar-refractivity contribution in [2.75, 3.05) is 0 Å². The van der Waals surface area contributed by atoms with Crippen molar-refractivity contribution >= 4 is 0 Å². The molecule has 24 unspecified atom stereocenters. The molecule has 4 heteroatoms. The van der Waals surface area contributed by atoms with Crippen LogP contribution in [0.5, 0.6) is 0 Å². The van der Waals surface area contributed by atoms with E-state index >= 15 is 0 Å². The van der Waals surface area contributed by atoms with E-state index in [9.17, 15) is 0 Å². The molecule has 0 bridgehead atoms. The average Bonchev–Trinajstić information content (AvgIpc) is 4.16. The van der Waals surface area contributed by atoms with Gasteiger partial charge in [-0.2, -0.15) is 0 Å². The molecule has 0 N–H and O–H groups in total. The van der Waals surface area contributed by atoms with Crippen molar-refractivity contribution in [3.8, 4) is 0 Å². The minimum Gasteiger partial charge on any atom is -0.294 e. The fraction of sp³-hybridized carbons (Fsp3) is 1.00. The van der Waals surface area contributed by atoms with Crippen LogP contribution in [0.1, 0.15) is 207 Å². The van der Waals surface area contributed by atoms with Crippen molar-refractivity contribution in [2.24, 2.45) is 94.7 Å². The molecule has 64 heavy (non-hydrogen) atoms. The molecule has 9 saturated carbocycles. The summed E-state index contributed by atoms with van der Waals surface area (Å²) in [6, 6.07) is 11.1. The largest absolute Gasteiger partial charge is 0.294 e. The van der Waals surface area contributed by atoms with Crippen LogP contribution < -0.4 is 0 Å². The summed E-state index contributed by atoms with van der Waals surface area (Å²) >= 11 is 0. The van der Waals surface area contributed by atoms with Crippen molar-refractivity contribution in [2.45, 2.75) is 280 Å². The number of fused-ring (bicyclic) bond motifs is 20. The summed E-state index contributed by atoms with van der Waals surface area (Å²) in [5, 5.41) is 0. The minimum absolute atomic E-state index is 0.821. The fourth-order valence-corrected chi connectivity index (χ4v) is 25.6. The normalized spacial score (nSPS) is 57.1. The van der Waals surface area contributed by atoms with Gasteiger partial charge in [-0.15, -0.1) is 0 Å². The second kappa shape index (κ2) is 15.7. The molecule has 15 fully saturated rings. The zero-order chi connectivity index (χ0) is 42.3. The van der Waals surface area contributed by atoms with Crippen LogP contribution >= 0.6 is 0 Å². The summed E-state index contributed by atoms with van der Waals surface area (Å²) in [6.07, 6.45) is 43.4. The molecule has 0 spiro atoms. The summed E-state index contributed by atoms with van der Waals surface area (Å²) in [5.74, 6) is 15.5. The Hall–Kier alpha value is -0.160. The average molecular weight is 873 g/mol. The third-order valence-corrected chi connectivity index (χ3v) is 26.3. The zero-order valence-corrected chi connectivity index (χ0v) is 41.8. The van der Waals surface area contributed by atoms with Crippen LogP contribution in [0.4, 0.5) is 0 Å². The molecule has 0 aromatic heterocycles. The van der Waals surface area contributed by atoms with Crippen LogP contribution in [-0.4, -0.2) is 92.1 Å². The highest BCUT2D eigenvalue weighted by Gasteiger charge is 2.77. The lowest BCUT2D eigenvalue weighted by Crippen LogP contribution is -2.64. The van der Waals surface area contributed by atoms with Gasteiger partial charge < -0.3 is 0 Å². The van der Waals surface area contributed by atoms with Crippen molar-refractivity contribution in [3.63, 3.8) is 0 Å². The van der Waals surface area contributed by atoms with E-state index in [1.54, 1.807) is 103 Å². The summed E-state index contributed by atoms with van der Waals surface area (Å²) in [4.78, 5) is 14.1. The predicted molar refractivity (Wildman–Crippen MR) is 261 cm³/mol. The first-order valence-corrected chi connectivity index (χ1v) is 30.6. The third-order valence-electron chi connectivity index (χ3n) is 26.3. The Balaban J connectivity index is 0.813. The van der Waals surface area contributed by atoms with Gasteiger partial charge in [0.25, 0.3) is 0 Å². The Labute approximate surface area is 392 Å². The SMILES string of the molecule is CC(C)C1C2C3CCCC4C5C(CCC6C7CCCCC7N(C7CCCCC7)C65)N(C43)C2C(C(C)C)C2C3CCCC4C5C(CCC6C7CCCCC7N(C7CCCCC7)C65)N(C43)C12. The highest BCUT2D eigenvalue weighted by Crippen LogP contribution is 2.72. The standard InChI is InChI=1S/C60H96N4/c1-33(2)49-53-43-25-15-23-41-52-48(32-30-40-38-22-12-14-28-46(38)62(58(40)52)36-19-9-6-10-20-36)64(55(41)43)60(53)50(34(3)4)54-44-26-16-24-42-51-47(63(56(42)44)59(49)54)31-29-39-37-21-11-13-27-45(37)61(57(39)51)35-17-7-5-8-18-35/h33-60H,5-32H2,1-4H3. The molecule has 6 saturated heterocycles. The molecule has 9 aliphatic carbocycles. The number of nitrogens with zero attached hydrogens (tertiary/aromatic N) is 4. The van der Waals surface area contributed by atoms with E-state index in [1.807, 2.05) is 0 Å². The molecular weight excluding hydrogens is 777 g/mol. The highest BCUT2D eigenvalue weighted by molar-refractivity contribution is 5.29.